The van der Waals surface area contributed by atoms with Gasteiger partial charge in [-0.15, -0.1) is 0 Å². The first kappa shape index (κ1) is 32.3. The molecule has 2 saturated heterocycles. The Balaban J connectivity index is 1.48. The second kappa shape index (κ2) is 12.7. The summed E-state index contributed by atoms with van der Waals surface area (Å²) in [6.45, 7) is 2.11. The van der Waals surface area contributed by atoms with Gasteiger partial charge >= 0.3 is 5.63 Å². The molecule has 15 nitrogen and oxygen atoms in total. The largest absolute Gasteiger partial charge is 0.497 e. The highest BCUT2D eigenvalue weighted by Gasteiger charge is 2.48. The smallest absolute Gasteiger partial charge is 0.344 e. The lowest BCUT2D eigenvalue weighted by Crippen LogP contribution is -2.62. The number of aryl methyl sites for hydroxylation is 2. The summed E-state index contributed by atoms with van der Waals surface area (Å²) in [6, 6.07) is 4.85. The minimum atomic E-state index is -1.78. The van der Waals surface area contributed by atoms with Gasteiger partial charge in [0.2, 0.25) is 6.29 Å². The van der Waals surface area contributed by atoms with Crippen LogP contribution in [-0.2, 0) is 14.2 Å². The number of ether oxygens (including phenoxy) is 6. The van der Waals surface area contributed by atoms with E-state index in [1.54, 1.807) is 26.0 Å². The van der Waals surface area contributed by atoms with Crippen molar-refractivity contribution in [1.82, 2.24) is 0 Å². The molecule has 10 atom stereocenters. The van der Waals surface area contributed by atoms with Crippen molar-refractivity contribution in [3.8, 4) is 17.2 Å². The first-order valence-corrected chi connectivity index (χ1v) is 13.8. The fraction of sp³-hybridized carbons (Fsp3) is 0.552. The molecule has 2 unspecified atom stereocenters. The number of rotatable bonds is 8. The number of hydrogen-bond acceptors (Lipinski definition) is 15. The van der Waals surface area contributed by atoms with Crippen LogP contribution < -0.4 is 19.8 Å². The monoisotopic (exact) mass is 624 g/mol. The molecule has 0 saturated carbocycles. The van der Waals surface area contributed by atoms with E-state index >= 15 is 0 Å². The Kier molecular flexibility index (Phi) is 9.34. The van der Waals surface area contributed by atoms with Crippen LogP contribution in [0.4, 0.5) is 0 Å². The van der Waals surface area contributed by atoms with Gasteiger partial charge in [0.05, 0.1) is 32.8 Å². The second-order valence-corrected chi connectivity index (χ2v) is 10.8. The van der Waals surface area contributed by atoms with Crippen LogP contribution in [0.15, 0.2) is 27.4 Å². The van der Waals surface area contributed by atoms with Crippen molar-refractivity contribution in [2.45, 2.75) is 75.3 Å². The number of aliphatic hydroxyl groups is 7. The molecule has 0 radical (unpaired) electrons. The average molecular weight is 625 g/mol. The lowest BCUT2D eigenvalue weighted by Gasteiger charge is -2.42. The van der Waals surface area contributed by atoms with Crippen LogP contribution >= 0.6 is 0 Å². The van der Waals surface area contributed by atoms with Gasteiger partial charge in [0.15, 0.2) is 6.29 Å². The molecule has 2 aromatic carbocycles. The highest BCUT2D eigenvalue weighted by Crippen LogP contribution is 2.44. The molecule has 3 heterocycles. The third-order valence-electron chi connectivity index (χ3n) is 8.01. The van der Waals surface area contributed by atoms with Gasteiger partial charge in [0.25, 0.3) is 0 Å². The van der Waals surface area contributed by atoms with E-state index in [9.17, 15) is 40.5 Å². The maximum absolute atomic E-state index is 12.9. The molecule has 2 aliphatic heterocycles. The van der Waals surface area contributed by atoms with Crippen molar-refractivity contribution in [2.24, 2.45) is 0 Å². The topological polar surface area (TPSA) is 227 Å². The first-order valence-electron chi connectivity index (χ1n) is 13.8. The van der Waals surface area contributed by atoms with Gasteiger partial charge < -0.3 is 68.6 Å². The summed E-state index contributed by atoms with van der Waals surface area (Å²) in [4.78, 5) is 12.9. The quantitative estimate of drug-likeness (QED) is 0.143. The van der Waals surface area contributed by atoms with E-state index in [0.717, 1.165) is 0 Å². The summed E-state index contributed by atoms with van der Waals surface area (Å²) in [5.74, 6) is 1.13. The van der Waals surface area contributed by atoms with Crippen molar-refractivity contribution in [3.05, 3.63) is 39.9 Å². The predicted octanol–water partition coefficient (Wildman–Crippen LogP) is -1.42. The number of hydrogen-bond donors (Lipinski definition) is 7. The van der Waals surface area contributed by atoms with Crippen molar-refractivity contribution in [1.29, 1.82) is 0 Å². The molecule has 0 bridgehead atoms. The van der Waals surface area contributed by atoms with Crippen LogP contribution in [0.2, 0.25) is 0 Å². The summed E-state index contributed by atoms with van der Waals surface area (Å²) in [5, 5.41) is 73.5. The van der Waals surface area contributed by atoms with E-state index in [1.165, 1.54) is 20.3 Å². The van der Waals surface area contributed by atoms with Crippen LogP contribution in [0.1, 0.15) is 11.3 Å². The normalized spacial score (nSPS) is 32.6. The van der Waals surface area contributed by atoms with Crippen LogP contribution in [-0.4, -0.2) is 125 Å². The Hall–Kier alpha value is -3.09. The van der Waals surface area contributed by atoms with Gasteiger partial charge in [0, 0.05) is 22.2 Å². The minimum absolute atomic E-state index is 0.0817. The van der Waals surface area contributed by atoms with Gasteiger partial charge in [-0.2, -0.15) is 0 Å². The Morgan fingerprint density at radius 3 is 2.00 bits per heavy atom. The number of methoxy groups -OCH3 is 2. The highest BCUT2D eigenvalue weighted by atomic mass is 16.7. The first-order chi connectivity index (χ1) is 20.9. The Morgan fingerprint density at radius 2 is 1.36 bits per heavy atom. The van der Waals surface area contributed by atoms with Crippen LogP contribution in [0.3, 0.4) is 0 Å². The zero-order valence-corrected chi connectivity index (χ0v) is 24.3. The summed E-state index contributed by atoms with van der Waals surface area (Å²) < 4.78 is 39.2. The molecule has 5 rings (SSSR count). The zero-order chi connectivity index (χ0) is 32.0. The number of fused-ring (bicyclic) bond motifs is 2. The molecule has 242 valence electrons. The molecule has 44 heavy (non-hydrogen) atoms. The van der Waals surface area contributed by atoms with Crippen molar-refractivity contribution >= 4 is 21.5 Å². The molecule has 3 aromatic rings. The van der Waals surface area contributed by atoms with E-state index in [1.807, 2.05) is 0 Å². The van der Waals surface area contributed by atoms with Gasteiger partial charge in [-0.1, -0.05) is 0 Å². The van der Waals surface area contributed by atoms with E-state index in [0.29, 0.717) is 39.0 Å². The zero-order valence-electron chi connectivity index (χ0n) is 24.3. The minimum Gasteiger partial charge on any atom is -0.497 e. The Morgan fingerprint density at radius 1 is 0.750 bits per heavy atom. The summed E-state index contributed by atoms with van der Waals surface area (Å²) in [5.41, 5.74) is -0.132. The van der Waals surface area contributed by atoms with Gasteiger partial charge in [-0.25, -0.2) is 4.79 Å². The van der Waals surface area contributed by atoms with Gasteiger partial charge in [0.1, 0.15) is 71.8 Å². The average Bonchev–Trinajstić information content (AvgIpc) is 2.99. The summed E-state index contributed by atoms with van der Waals surface area (Å²) in [6.07, 6.45) is -16.0. The van der Waals surface area contributed by atoms with Crippen LogP contribution in [0.5, 0.6) is 17.2 Å². The molecule has 0 amide bonds. The molecule has 0 aliphatic carbocycles. The molecule has 15 heteroatoms. The SMILES string of the molecule is COc1cc(OC2O[C@H](COC3O[C@H](CO)[C@@H](O)[C@H](O)[C@H]3O)[C@@H](O)[C@H](O)[C@H]2O)c2c(C)c3c(=O)oc(C)cc3c(OC)c2c1. The highest BCUT2D eigenvalue weighted by molar-refractivity contribution is 6.10. The Bertz CT molecular complexity index is 1550. The maximum atomic E-state index is 12.9. The lowest BCUT2D eigenvalue weighted by molar-refractivity contribution is -0.323. The van der Waals surface area contributed by atoms with Gasteiger partial charge in [-0.05, 0) is 31.5 Å². The van der Waals surface area contributed by atoms with Crippen molar-refractivity contribution in [2.75, 3.05) is 27.4 Å². The molecule has 2 fully saturated rings. The molecule has 1 aromatic heterocycles. The summed E-state index contributed by atoms with van der Waals surface area (Å²) >= 11 is 0. The predicted molar refractivity (Wildman–Crippen MR) is 150 cm³/mol. The molecule has 2 aliphatic rings. The molecular weight excluding hydrogens is 588 g/mol. The van der Waals surface area contributed by atoms with Crippen molar-refractivity contribution in [3.63, 3.8) is 0 Å². The third kappa shape index (κ3) is 5.60. The summed E-state index contributed by atoms with van der Waals surface area (Å²) in [7, 11) is 2.88. The fourth-order valence-electron chi connectivity index (χ4n) is 5.67. The van der Waals surface area contributed by atoms with Crippen molar-refractivity contribution < 1.29 is 68.6 Å². The second-order valence-electron chi connectivity index (χ2n) is 10.8. The van der Waals surface area contributed by atoms with E-state index in [2.05, 4.69) is 0 Å². The third-order valence-corrected chi connectivity index (χ3v) is 8.01. The van der Waals surface area contributed by atoms with Gasteiger partial charge in [-0.3, -0.25) is 0 Å². The maximum Gasteiger partial charge on any atom is 0.344 e. The molecular formula is C29H36O15. The van der Waals surface area contributed by atoms with Crippen LogP contribution in [0, 0.1) is 13.8 Å². The fourth-order valence-corrected chi connectivity index (χ4v) is 5.67. The standard InChI is InChI=1S/C29H36O15/c1-10-5-13-19(27(37)41-10)11(2)18-14(26(13)39-4)6-12(38-3)7-15(18)42-29-25(36)23(34)21(32)17(44-29)9-40-28-24(35)22(33)20(31)16(8-30)43-28/h5-7,16-17,20-25,28-36H,8-9H2,1-4H3/t16-,17-,20-,21-,22+,23+,24-,25-,28?,29?/m1/s1. The van der Waals surface area contributed by atoms with Crippen LogP contribution in [0.25, 0.3) is 21.5 Å². The van der Waals surface area contributed by atoms with E-state index in [-0.39, 0.29) is 11.1 Å². The Labute approximate surface area is 250 Å². The number of benzene rings is 2. The number of aliphatic hydroxyl groups excluding tert-OH is 7. The molecule has 0 spiro atoms. The van der Waals surface area contributed by atoms with E-state index < -0.39 is 80.3 Å². The molecule has 7 N–H and O–H groups in total. The van der Waals surface area contributed by atoms with E-state index in [4.69, 9.17) is 32.8 Å². The lowest BCUT2D eigenvalue weighted by atomic mass is 9.96.